The zero-order valence-corrected chi connectivity index (χ0v) is 57.2. The third-order valence-corrected chi connectivity index (χ3v) is 17.4. The first-order chi connectivity index (χ1) is 41.5. The highest BCUT2D eigenvalue weighted by molar-refractivity contribution is 7.47. The summed E-state index contributed by atoms with van der Waals surface area (Å²) in [6.45, 7) is 7.21. The summed E-state index contributed by atoms with van der Waals surface area (Å²) in [4.78, 5) is 72.4. The van der Waals surface area contributed by atoms with E-state index in [2.05, 4.69) is 34.6 Å². The molecule has 0 saturated carbocycles. The van der Waals surface area contributed by atoms with E-state index in [9.17, 15) is 43.2 Å². The Balaban J connectivity index is 5.25. The van der Waals surface area contributed by atoms with Gasteiger partial charge in [-0.05, 0) is 31.6 Å². The summed E-state index contributed by atoms with van der Waals surface area (Å²) in [5.41, 5.74) is 0. The molecule has 19 heteroatoms. The van der Waals surface area contributed by atoms with Crippen LogP contribution in [0.3, 0.4) is 0 Å². The number of aliphatic hydroxyl groups is 1. The van der Waals surface area contributed by atoms with Crippen molar-refractivity contribution in [1.82, 2.24) is 0 Å². The molecule has 5 atom stereocenters. The first-order valence-corrected chi connectivity index (χ1v) is 38.1. The number of carbonyl (C=O) groups is 4. The molecule has 86 heavy (non-hydrogen) atoms. The zero-order valence-electron chi connectivity index (χ0n) is 55.4. The molecule has 0 bridgehead atoms. The monoisotopic (exact) mass is 1270 g/mol. The van der Waals surface area contributed by atoms with E-state index in [1.54, 1.807) is 0 Å². The Kier molecular flexibility index (Phi) is 59.2. The quantitative estimate of drug-likeness (QED) is 0.0222. The Morgan fingerprint density at radius 2 is 0.535 bits per heavy atom. The molecule has 0 aliphatic heterocycles. The van der Waals surface area contributed by atoms with Crippen LogP contribution in [0.15, 0.2) is 0 Å². The fourth-order valence-corrected chi connectivity index (χ4v) is 11.7. The molecule has 0 fully saturated rings. The van der Waals surface area contributed by atoms with Crippen LogP contribution >= 0.6 is 15.6 Å². The van der Waals surface area contributed by atoms with Crippen LogP contribution in [-0.2, 0) is 65.4 Å². The Hall–Kier alpha value is -1.94. The van der Waals surface area contributed by atoms with Crippen LogP contribution in [0.1, 0.15) is 343 Å². The van der Waals surface area contributed by atoms with Crippen molar-refractivity contribution in [2.45, 2.75) is 361 Å². The highest BCUT2D eigenvalue weighted by Crippen LogP contribution is 2.45. The number of hydrogen-bond acceptors (Lipinski definition) is 15. The number of carbonyl (C=O) groups excluding carboxylic acids is 4. The lowest BCUT2D eigenvalue weighted by Gasteiger charge is -2.21. The Morgan fingerprint density at radius 3 is 0.791 bits per heavy atom. The molecule has 0 aromatic rings. The lowest BCUT2D eigenvalue weighted by molar-refractivity contribution is -0.161. The van der Waals surface area contributed by atoms with Crippen LogP contribution in [0.5, 0.6) is 0 Å². The van der Waals surface area contributed by atoms with Crippen molar-refractivity contribution in [3.05, 3.63) is 0 Å². The normalized spacial score (nSPS) is 14.2. The minimum atomic E-state index is -4.95. The van der Waals surface area contributed by atoms with Crippen molar-refractivity contribution in [2.75, 3.05) is 39.6 Å². The molecule has 0 rings (SSSR count). The highest BCUT2D eigenvalue weighted by Gasteiger charge is 2.30. The third-order valence-electron chi connectivity index (χ3n) is 15.5. The van der Waals surface area contributed by atoms with Gasteiger partial charge in [0, 0.05) is 25.7 Å². The van der Waals surface area contributed by atoms with Crippen molar-refractivity contribution >= 4 is 39.5 Å². The number of rotatable bonds is 67. The number of aliphatic hydroxyl groups excluding tert-OH is 1. The van der Waals surface area contributed by atoms with Gasteiger partial charge in [0.1, 0.15) is 19.3 Å². The average molecular weight is 1270 g/mol. The molecule has 3 N–H and O–H groups in total. The van der Waals surface area contributed by atoms with Crippen LogP contribution in [0.2, 0.25) is 0 Å². The maximum atomic E-state index is 13.0. The molecule has 0 aromatic carbocycles. The molecule has 17 nitrogen and oxygen atoms in total. The van der Waals surface area contributed by atoms with E-state index in [0.29, 0.717) is 25.7 Å². The minimum absolute atomic E-state index is 0.106. The van der Waals surface area contributed by atoms with Gasteiger partial charge >= 0.3 is 39.5 Å². The van der Waals surface area contributed by atoms with Crippen LogP contribution in [0.4, 0.5) is 0 Å². The van der Waals surface area contributed by atoms with Crippen molar-refractivity contribution in [3.63, 3.8) is 0 Å². The number of phosphoric acid groups is 2. The minimum Gasteiger partial charge on any atom is -0.462 e. The third kappa shape index (κ3) is 60.9. The van der Waals surface area contributed by atoms with E-state index in [1.165, 1.54) is 167 Å². The van der Waals surface area contributed by atoms with Crippen LogP contribution < -0.4 is 0 Å². The van der Waals surface area contributed by atoms with Gasteiger partial charge in [0.25, 0.3) is 0 Å². The maximum absolute atomic E-state index is 13.0. The molecule has 0 spiro atoms. The number of phosphoric ester groups is 2. The summed E-state index contributed by atoms with van der Waals surface area (Å²) in [5.74, 6) is -1.37. The Bertz CT molecular complexity index is 1670. The second-order valence-electron chi connectivity index (χ2n) is 24.7. The predicted octanol–water partition coefficient (Wildman–Crippen LogP) is 19.0. The van der Waals surface area contributed by atoms with E-state index >= 15 is 0 Å². The van der Waals surface area contributed by atoms with Crippen LogP contribution in [0.25, 0.3) is 0 Å². The first kappa shape index (κ1) is 84.1. The van der Waals surface area contributed by atoms with Gasteiger partial charge < -0.3 is 33.8 Å². The second kappa shape index (κ2) is 60.6. The van der Waals surface area contributed by atoms with Gasteiger partial charge in [-0.2, -0.15) is 0 Å². The van der Waals surface area contributed by atoms with Gasteiger partial charge in [-0.3, -0.25) is 37.3 Å². The van der Waals surface area contributed by atoms with Crippen LogP contribution in [-0.4, -0.2) is 96.7 Å². The smallest absolute Gasteiger partial charge is 0.462 e. The van der Waals surface area contributed by atoms with Crippen molar-refractivity contribution in [3.8, 4) is 0 Å². The molecular weight excluding hydrogens is 1140 g/mol. The molecule has 0 aliphatic rings. The lowest BCUT2D eigenvalue weighted by atomic mass is 10.0. The topological polar surface area (TPSA) is 237 Å². The summed E-state index contributed by atoms with van der Waals surface area (Å²) in [6.07, 6.45) is 45.6. The second-order valence-corrected chi connectivity index (χ2v) is 27.6. The van der Waals surface area contributed by atoms with Gasteiger partial charge in [-0.1, -0.05) is 291 Å². The van der Waals surface area contributed by atoms with Gasteiger partial charge in [-0.15, -0.1) is 0 Å². The SMILES string of the molecule is CCCCCCCCCCCCCC(=O)OC[C@H](COP(=O)(O)OC[C@H](O)COP(=O)(O)OC[C@@H](COC(=O)CCCCCCCCCCCCC)OC(=O)CCCCCCCCCCCCC(C)C)OC(=O)CCCCCCCCCCCCC. The fourth-order valence-electron chi connectivity index (χ4n) is 10.1. The summed E-state index contributed by atoms with van der Waals surface area (Å²) in [7, 11) is -9.89. The van der Waals surface area contributed by atoms with Crippen molar-refractivity contribution in [2.24, 2.45) is 5.92 Å². The molecule has 0 radical (unpaired) electrons. The van der Waals surface area contributed by atoms with Crippen molar-refractivity contribution in [1.29, 1.82) is 0 Å². The molecule has 0 aromatic heterocycles. The Labute approximate surface area is 524 Å². The van der Waals surface area contributed by atoms with E-state index in [1.807, 2.05) is 0 Å². The summed E-state index contributed by atoms with van der Waals surface area (Å²) < 4.78 is 68.1. The number of unbranched alkanes of at least 4 members (excludes halogenated alkanes) is 39. The first-order valence-electron chi connectivity index (χ1n) is 35.1. The molecule has 0 aliphatic carbocycles. The van der Waals surface area contributed by atoms with Gasteiger partial charge in [0.05, 0.1) is 26.4 Å². The average Bonchev–Trinajstić information content (AvgIpc) is 3.56. The van der Waals surface area contributed by atoms with Crippen LogP contribution in [0, 0.1) is 5.92 Å². The van der Waals surface area contributed by atoms with Gasteiger partial charge in [0.2, 0.25) is 0 Å². The molecular formula is C67H130O17P2. The number of esters is 4. The van der Waals surface area contributed by atoms with E-state index in [4.69, 9.17) is 37.0 Å². The Morgan fingerprint density at radius 1 is 0.314 bits per heavy atom. The van der Waals surface area contributed by atoms with E-state index < -0.39 is 97.5 Å². The fraction of sp³-hybridized carbons (Fsp3) is 0.940. The summed E-state index contributed by atoms with van der Waals surface area (Å²) in [6, 6.07) is 0. The van der Waals surface area contributed by atoms with E-state index in [0.717, 1.165) is 95.8 Å². The van der Waals surface area contributed by atoms with Gasteiger partial charge in [-0.25, -0.2) is 9.13 Å². The predicted molar refractivity (Wildman–Crippen MR) is 345 cm³/mol. The highest BCUT2D eigenvalue weighted by atomic mass is 31.2. The molecule has 0 heterocycles. The molecule has 0 saturated heterocycles. The standard InChI is InChI=1S/C67H130O17P2/c1-6-9-12-15-18-21-24-30-35-40-45-50-64(69)77-56-62(83-66(71)52-47-42-37-32-26-23-20-17-14-11-8-3)58-81-85(73,74)79-54-61(68)55-80-86(75,76)82-59-63(57-78-65(70)51-46-41-36-31-25-22-19-16-13-10-7-2)84-67(72)53-48-43-38-33-28-27-29-34-39-44-49-60(4)5/h60-63,68H,6-59H2,1-5H3,(H,73,74)(H,75,76)/t61-,62+,63+/m0/s1. The van der Waals surface area contributed by atoms with Gasteiger partial charge in [0.15, 0.2) is 12.2 Å². The largest absolute Gasteiger partial charge is 0.472 e. The van der Waals surface area contributed by atoms with Crippen molar-refractivity contribution < 1.29 is 80.2 Å². The molecule has 2 unspecified atom stereocenters. The number of hydrogen-bond donors (Lipinski definition) is 3. The van der Waals surface area contributed by atoms with E-state index in [-0.39, 0.29) is 25.7 Å². The summed E-state index contributed by atoms with van der Waals surface area (Å²) in [5, 5.41) is 10.6. The zero-order chi connectivity index (χ0) is 63.5. The maximum Gasteiger partial charge on any atom is 0.472 e. The number of ether oxygens (including phenoxy) is 4. The molecule has 0 amide bonds. The lowest BCUT2D eigenvalue weighted by Crippen LogP contribution is -2.30. The summed E-state index contributed by atoms with van der Waals surface area (Å²) >= 11 is 0. The molecule has 510 valence electrons.